The first-order chi connectivity index (χ1) is 39.7. The minimum Gasteiger partial charge on any atom is -0.496 e. The number of primary amides is 1. The van der Waals surface area contributed by atoms with Crippen molar-refractivity contribution in [1.29, 1.82) is 0 Å². The second kappa shape index (κ2) is 36.0. The van der Waals surface area contributed by atoms with Crippen LogP contribution in [0.2, 0.25) is 0 Å². The molecule has 4 aromatic rings. The zero-order valence-corrected chi connectivity index (χ0v) is 47.0. The van der Waals surface area contributed by atoms with E-state index < -0.39 is 66.4 Å². The molecule has 450 valence electrons. The summed E-state index contributed by atoms with van der Waals surface area (Å²) in [6, 6.07) is 14.5. The first-order valence-electron chi connectivity index (χ1n) is 28.3. The molecule has 0 spiro atoms. The molecule has 15 N–H and O–H groups in total. The van der Waals surface area contributed by atoms with E-state index in [1.54, 1.807) is 24.3 Å². The van der Waals surface area contributed by atoms with Gasteiger partial charge in [-0.3, -0.25) is 38.4 Å². The van der Waals surface area contributed by atoms with E-state index in [1.807, 2.05) is 0 Å². The Kier molecular flexibility index (Phi) is 28.7. The van der Waals surface area contributed by atoms with E-state index >= 15 is 0 Å². The fraction of sp³-hybridized carbons (Fsp3) is 0.475. The van der Waals surface area contributed by atoms with Crippen LogP contribution >= 0.6 is 0 Å². The Morgan fingerprint density at radius 3 is 1.01 bits per heavy atom. The molecule has 0 bridgehead atoms. The molecule has 0 aliphatic carbocycles. The van der Waals surface area contributed by atoms with Gasteiger partial charge < -0.3 is 69.3 Å². The Hall–Kier alpha value is -7.56. The van der Waals surface area contributed by atoms with Crippen LogP contribution in [0.15, 0.2) is 72.8 Å². The maximum atomic E-state index is 14.3. The molecule has 0 saturated carbocycles. The predicted octanol–water partition coefficient (Wildman–Crippen LogP) is 4.39. The standard InChI is InChI=1S/C60H83N9O12.CH4.H2/c1-78-53-21-17-37(29-41(53)57(66)74)34-50(71)46(14-6-10-26-62)67-59(76)43-31-39(19-23-55(43)80-3)36-52(73)48(16-8-12-28-64)69-60(77)44-32-40(20-24-56(44)81-4)35-51(72)47(15-7-11-27-63)68-58(75)42-30-38(18-22-54(42)79-2)33-49(70)45(65)13-5-9-25-61;;/h17-24,29-32,45-48H,5-16,25-28,33-36,61-65H2,1-4H3,(H2,66,74)(H,67,76)(H,68,75)(H,69,77);1H4;1H/t45-,46-,47-,48-;;/m0../s1/i5D,9D;;1+1/t5?,9?,45-,46-,47-,48-;;. The van der Waals surface area contributed by atoms with Crippen molar-refractivity contribution < 1.29 is 61.5 Å². The van der Waals surface area contributed by atoms with Crippen LogP contribution in [0, 0.1) is 0 Å². The Morgan fingerprint density at radius 2 is 0.732 bits per heavy atom. The van der Waals surface area contributed by atoms with E-state index in [-0.39, 0.29) is 129 Å². The number of amides is 4. The summed E-state index contributed by atoms with van der Waals surface area (Å²) in [5, 5.41) is 8.56. The molecular formula is C61H89N9O12. The summed E-state index contributed by atoms with van der Waals surface area (Å²) >= 11 is 0. The minimum atomic E-state index is -1.04. The van der Waals surface area contributed by atoms with E-state index in [4.69, 9.17) is 56.1 Å². The highest BCUT2D eigenvalue weighted by molar-refractivity contribution is 6.03. The lowest BCUT2D eigenvalue weighted by Gasteiger charge is -2.21. The highest BCUT2D eigenvalue weighted by Crippen LogP contribution is 2.26. The van der Waals surface area contributed by atoms with Gasteiger partial charge in [0.25, 0.3) is 23.6 Å². The van der Waals surface area contributed by atoms with Crippen LogP contribution in [-0.2, 0) is 44.9 Å². The van der Waals surface area contributed by atoms with E-state index in [0.29, 0.717) is 80.4 Å². The third-order valence-electron chi connectivity index (χ3n) is 13.6. The van der Waals surface area contributed by atoms with Crippen LogP contribution in [-0.4, -0.2) is 126 Å². The number of unbranched alkanes of at least 4 members (excludes halogenated alkanes) is 3. The molecule has 0 aromatic heterocycles. The zero-order valence-electron chi connectivity index (χ0n) is 49.0. The third-order valence-corrected chi connectivity index (χ3v) is 13.6. The summed E-state index contributed by atoms with van der Waals surface area (Å²) in [5.74, 6) is -3.42. The molecule has 21 heteroatoms. The molecule has 82 heavy (non-hydrogen) atoms. The second-order valence-corrected chi connectivity index (χ2v) is 19.6. The number of benzene rings is 4. The van der Waals surface area contributed by atoms with Crippen molar-refractivity contribution in [1.82, 2.24) is 16.0 Å². The van der Waals surface area contributed by atoms with Crippen LogP contribution in [0.5, 0.6) is 23.0 Å². The number of Topliss-reactive ketones (excluding diaryl/α,β-unsaturated/α-hetero) is 4. The van der Waals surface area contributed by atoms with Gasteiger partial charge in [0, 0.05) is 29.9 Å². The van der Waals surface area contributed by atoms with E-state index in [0.717, 1.165) is 0 Å². The van der Waals surface area contributed by atoms with Gasteiger partial charge in [-0.1, -0.05) is 38.1 Å². The van der Waals surface area contributed by atoms with E-state index in [1.165, 1.54) is 77.0 Å². The molecule has 6 atom stereocenters. The number of ether oxygens (including phenoxy) is 4. The van der Waals surface area contributed by atoms with E-state index in [9.17, 15) is 38.4 Å². The van der Waals surface area contributed by atoms with Gasteiger partial charge in [-0.05, 0) is 168 Å². The number of rotatable bonds is 39. The van der Waals surface area contributed by atoms with Crippen molar-refractivity contribution in [2.75, 3.05) is 54.6 Å². The van der Waals surface area contributed by atoms with Crippen LogP contribution in [0.25, 0.3) is 0 Å². The van der Waals surface area contributed by atoms with Gasteiger partial charge in [-0.25, -0.2) is 0 Å². The lowest BCUT2D eigenvalue weighted by Crippen LogP contribution is -2.42. The molecule has 4 amide bonds. The van der Waals surface area contributed by atoms with Crippen molar-refractivity contribution in [3.05, 3.63) is 117 Å². The van der Waals surface area contributed by atoms with Crippen LogP contribution < -0.4 is 69.3 Å². The summed E-state index contributed by atoms with van der Waals surface area (Å²) in [7, 11) is 5.53. The second-order valence-electron chi connectivity index (χ2n) is 19.6. The number of methoxy groups -OCH3 is 4. The van der Waals surface area contributed by atoms with Gasteiger partial charge in [0.1, 0.15) is 23.0 Å². The fourth-order valence-electron chi connectivity index (χ4n) is 9.09. The topological polar surface area (TPSA) is 366 Å². The van der Waals surface area contributed by atoms with Gasteiger partial charge in [0.2, 0.25) is 0 Å². The Balaban J connectivity index is 0.0000123. The number of nitrogens with one attached hydrogen (secondary N) is 3. The molecule has 4 rings (SSSR count). The quantitative estimate of drug-likeness (QED) is 0.0280. The third kappa shape index (κ3) is 21.1. The van der Waals surface area contributed by atoms with Crippen molar-refractivity contribution in [2.24, 2.45) is 34.4 Å². The number of hydrogen-bond acceptors (Lipinski definition) is 17. The highest BCUT2D eigenvalue weighted by atomic mass is 16.5. The van der Waals surface area contributed by atoms with Crippen molar-refractivity contribution in [3.63, 3.8) is 0 Å². The maximum Gasteiger partial charge on any atom is 0.255 e. The minimum absolute atomic E-state index is 0. The number of hydrogen-bond donors (Lipinski definition) is 9. The zero-order chi connectivity index (χ0) is 61.2. The monoisotopic (exact) mass is 1140 g/mol. The molecular weight excluding hydrogens is 1050 g/mol. The summed E-state index contributed by atoms with van der Waals surface area (Å²) in [4.78, 5) is 110. The molecule has 2 unspecified atom stereocenters. The normalized spacial score (nSPS) is 13.5. The molecule has 0 aliphatic rings. The van der Waals surface area contributed by atoms with Crippen LogP contribution in [0.4, 0.5) is 0 Å². The highest BCUT2D eigenvalue weighted by Gasteiger charge is 2.29. The number of ketones is 4. The molecule has 0 fully saturated rings. The van der Waals surface area contributed by atoms with Crippen LogP contribution in [0.3, 0.4) is 0 Å². The van der Waals surface area contributed by atoms with Gasteiger partial charge in [0.15, 0.2) is 23.1 Å². The molecule has 21 nitrogen and oxygen atoms in total. The van der Waals surface area contributed by atoms with Gasteiger partial charge >= 0.3 is 0 Å². The van der Waals surface area contributed by atoms with Crippen LogP contribution in [0.1, 0.15) is 152 Å². The largest absolute Gasteiger partial charge is 0.496 e. The average Bonchev–Trinajstić information content (AvgIpc) is 3.52. The van der Waals surface area contributed by atoms with Gasteiger partial charge in [0.05, 0.1) is 74.9 Å². The number of carbonyl (C=O) groups excluding carboxylic acids is 8. The summed E-state index contributed by atoms with van der Waals surface area (Å²) < 4.78 is 37.9. The molecule has 4 aromatic carbocycles. The molecule has 0 aliphatic heterocycles. The van der Waals surface area contributed by atoms with Gasteiger partial charge in [-0.15, -0.1) is 0 Å². The summed E-state index contributed by atoms with van der Waals surface area (Å²) in [6.45, 7) is 1.01. The first-order valence-corrected chi connectivity index (χ1v) is 27.2. The maximum absolute atomic E-state index is 14.3. The molecule has 0 saturated heterocycles. The summed E-state index contributed by atoms with van der Waals surface area (Å²) in [6.07, 6.45) is 1.24. The Bertz CT molecular complexity index is 2880. The number of nitrogens with two attached hydrogens (primary N) is 6. The Labute approximate surface area is 486 Å². The van der Waals surface area contributed by atoms with Crippen molar-refractivity contribution in [3.8, 4) is 23.0 Å². The van der Waals surface area contributed by atoms with Gasteiger partial charge in [-0.2, -0.15) is 0 Å². The summed E-state index contributed by atoms with van der Waals surface area (Å²) in [5.41, 5.74) is 36.6. The lowest BCUT2D eigenvalue weighted by molar-refractivity contribution is -0.121. The molecule has 0 heterocycles. The average molecular weight is 1140 g/mol. The fourth-order valence-corrected chi connectivity index (χ4v) is 9.09. The van der Waals surface area contributed by atoms with E-state index in [2.05, 4.69) is 16.0 Å². The van der Waals surface area contributed by atoms with Crippen molar-refractivity contribution in [2.45, 2.75) is 134 Å². The Morgan fingerprint density at radius 1 is 0.439 bits per heavy atom. The number of carbonyl (C=O) groups is 8. The predicted molar refractivity (Wildman–Crippen MR) is 318 cm³/mol. The van der Waals surface area contributed by atoms with Crippen molar-refractivity contribution >= 4 is 46.8 Å². The smallest absolute Gasteiger partial charge is 0.255 e. The SMILES string of the molecule is C.[2HH].[2H]C(CN)C([2H])C[C@H](N)C(=O)Cc1ccc(OC)c(C(=O)N[C@@H](CCCCN)C(=O)Cc2ccc(OC)c(C(=O)N[C@@H](CCCCN)C(=O)Cc3ccc(OC)c(C(=O)N[C@@H](CCCCN)C(=O)Cc4ccc(OC)c(C(N)=O)c4)c3)c2)c1. The molecule has 0 radical (unpaired) electrons. The first kappa shape index (κ1) is 65.3. The lowest BCUT2D eigenvalue weighted by atomic mass is 9.95.